The van der Waals surface area contributed by atoms with E-state index in [1.807, 2.05) is 24.3 Å². The standard InChI is InChI=1S/C20H22ClNO4/c1-3-26-19(23)12-13-22(14-15-4-10-18(25-2)11-5-15)20(24)16-6-8-17(21)9-7-16/h4-11H,3,12-14H2,1-2H3. The number of rotatable bonds is 8. The predicted octanol–water partition coefficient (Wildman–Crippen LogP) is 3.94. The topological polar surface area (TPSA) is 55.8 Å². The fourth-order valence-corrected chi connectivity index (χ4v) is 2.56. The zero-order valence-corrected chi connectivity index (χ0v) is 15.7. The first kappa shape index (κ1) is 19.8. The molecule has 0 aliphatic heterocycles. The summed E-state index contributed by atoms with van der Waals surface area (Å²) in [6, 6.07) is 14.2. The smallest absolute Gasteiger partial charge is 0.307 e. The Balaban J connectivity index is 2.15. The van der Waals surface area contributed by atoms with Crippen molar-refractivity contribution in [3.8, 4) is 5.75 Å². The summed E-state index contributed by atoms with van der Waals surface area (Å²) >= 11 is 5.89. The summed E-state index contributed by atoms with van der Waals surface area (Å²) in [4.78, 5) is 26.2. The number of ether oxygens (including phenoxy) is 2. The van der Waals surface area contributed by atoms with Crippen LogP contribution in [0.4, 0.5) is 0 Å². The van der Waals surface area contributed by atoms with Gasteiger partial charge in [-0.2, -0.15) is 0 Å². The Morgan fingerprint density at radius 3 is 2.27 bits per heavy atom. The average molecular weight is 376 g/mol. The van der Waals surface area contributed by atoms with E-state index in [9.17, 15) is 9.59 Å². The van der Waals surface area contributed by atoms with Crippen LogP contribution < -0.4 is 4.74 Å². The fraction of sp³-hybridized carbons (Fsp3) is 0.300. The normalized spacial score (nSPS) is 10.3. The van der Waals surface area contributed by atoms with E-state index in [-0.39, 0.29) is 24.8 Å². The lowest BCUT2D eigenvalue weighted by Crippen LogP contribution is -2.32. The number of benzene rings is 2. The number of halogens is 1. The Kier molecular flexibility index (Phi) is 7.48. The molecule has 1 amide bonds. The average Bonchev–Trinajstić information content (AvgIpc) is 2.66. The molecule has 0 bridgehead atoms. The van der Waals surface area contributed by atoms with Crippen LogP contribution in [0.3, 0.4) is 0 Å². The summed E-state index contributed by atoms with van der Waals surface area (Å²) in [7, 11) is 1.60. The Morgan fingerprint density at radius 2 is 1.69 bits per heavy atom. The minimum atomic E-state index is -0.323. The molecule has 2 rings (SSSR count). The summed E-state index contributed by atoms with van der Waals surface area (Å²) in [5.74, 6) is 0.258. The Hall–Kier alpha value is -2.53. The van der Waals surface area contributed by atoms with Crippen LogP contribution in [0, 0.1) is 0 Å². The van der Waals surface area contributed by atoms with Crippen molar-refractivity contribution in [2.75, 3.05) is 20.3 Å². The van der Waals surface area contributed by atoms with Crippen LogP contribution in [0.1, 0.15) is 29.3 Å². The van der Waals surface area contributed by atoms with Gasteiger partial charge in [0.25, 0.3) is 5.91 Å². The van der Waals surface area contributed by atoms with Gasteiger partial charge >= 0.3 is 5.97 Å². The number of carbonyl (C=O) groups is 2. The number of hydrogen-bond acceptors (Lipinski definition) is 4. The molecule has 0 N–H and O–H groups in total. The van der Waals surface area contributed by atoms with Crippen LogP contribution in [0.2, 0.25) is 5.02 Å². The van der Waals surface area contributed by atoms with E-state index in [1.54, 1.807) is 43.2 Å². The first-order valence-electron chi connectivity index (χ1n) is 8.37. The molecular weight excluding hydrogens is 354 g/mol. The second kappa shape index (κ2) is 9.82. The van der Waals surface area contributed by atoms with E-state index in [0.29, 0.717) is 23.7 Å². The lowest BCUT2D eigenvalue weighted by atomic mass is 10.1. The van der Waals surface area contributed by atoms with E-state index in [0.717, 1.165) is 11.3 Å². The molecule has 0 saturated carbocycles. The Labute approximate surface area is 158 Å². The van der Waals surface area contributed by atoms with Crippen LogP contribution >= 0.6 is 11.6 Å². The zero-order chi connectivity index (χ0) is 18.9. The van der Waals surface area contributed by atoms with Gasteiger partial charge < -0.3 is 14.4 Å². The third-order valence-corrected chi connectivity index (χ3v) is 4.05. The maximum atomic E-state index is 12.9. The highest BCUT2D eigenvalue weighted by Gasteiger charge is 2.18. The molecular formula is C20H22ClNO4. The molecule has 2 aromatic rings. The summed E-state index contributed by atoms with van der Waals surface area (Å²) in [5, 5.41) is 0.565. The van der Waals surface area contributed by atoms with Crippen molar-refractivity contribution in [1.82, 2.24) is 4.90 Å². The number of carbonyl (C=O) groups excluding carboxylic acids is 2. The number of nitrogens with zero attached hydrogens (tertiary/aromatic N) is 1. The predicted molar refractivity (Wildman–Crippen MR) is 100 cm³/mol. The first-order valence-corrected chi connectivity index (χ1v) is 8.74. The molecule has 0 spiro atoms. The molecule has 0 aliphatic carbocycles. The SMILES string of the molecule is CCOC(=O)CCN(Cc1ccc(OC)cc1)C(=O)c1ccc(Cl)cc1. The van der Waals surface area contributed by atoms with Gasteiger partial charge in [0.15, 0.2) is 0 Å². The van der Waals surface area contributed by atoms with E-state index >= 15 is 0 Å². The maximum absolute atomic E-state index is 12.9. The molecule has 0 atom stereocenters. The molecule has 5 nitrogen and oxygen atoms in total. The van der Waals surface area contributed by atoms with Gasteiger partial charge in [-0.25, -0.2) is 0 Å². The van der Waals surface area contributed by atoms with Gasteiger partial charge in [0.05, 0.1) is 20.1 Å². The van der Waals surface area contributed by atoms with E-state index < -0.39 is 0 Å². The summed E-state index contributed by atoms with van der Waals surface area (Å²) < 4.78 is 10.1. The van der Waals surface area contributed by atoms with Gasteiger partial charge in [0.2, 0.25) is 0 Å². The molecule has 138 valence electrons. The zero-order valence-electron chi connectivity index (χ0n) is 14.9. The third-order valence-electron chi connectivity index (χ3n) is 3.80. The van der Waals surface area contributed by atoms with Crippen molar-refractivity contribution in [2.45, 2.75) is 19.9 Å². The highest BCUT2D eigenvalue weighted by atomic mass is 35.5. The third kappa shape index (κ3) is 5.77. The van der Waals surface area contributed by atoms with Gasteiger partial charge in [0.1, 0.15) is 5.75 Å². The highest BCUT2D eigenvalue weighted by molar-refractivity contribution is 6.30. The molecule has 0 radical (unpaired) electrons. The monoisotopic (exact) mass is 375 g/mol. The number of hydrogen-bond donors (Lipinski definition) is 0. The van der Waals surface area contributed by atoms with Crippen molar-refractivity contribution >= 4 is 23.5 Å². The van der Waals surface area contributed by atoms with Gasteiger partial charge in [0, 0.05) is 23.7 Å². The van der Waals surface area contributed by atoms with Crippen molar-refractivity contribution in [3.05, 3.63) is 64.7 Å². The summed E-state index contributed by atoms with van der Waals surface area (Å²) in [6.07, 6.45) is 0.142. The second-order valence-electron chi connectivity index (χ2n) is 5.64. The molecule has 0 saturated heterocycles. The van der Waals surface area contributed by atoms with Crippen LogP contribution in [-0.4, -0.2) is 37.0 Å². The first-order chi connectivity index (χ1) is 12.5. The summed E-state index contributed by atoms with van der Waals surface area (Å²) in [5.41, 5.74) is 1.46. The molecule has 2 aromatic carbocycles. The highest BCUT2D eigenvalue weighted by Crippen LogP contribution is 2.16. The van der Waals surface area contributed by atoms with Crippen LogP contribution in [0.15, 0.2) is 48.5 Å². The van der Waals surface area contributed by atoms with E-state index in [1.165, 1.54) is 0 Å². The van der Waals surface area contributed by atoms with Gasteiger partial charge in [-0.05, 0) is 48.9 Å². The maximum Gasteiger partial charge on any atom is 0.307 e. The van der Waals surface area contributed by atoms with Crippen molar-refractivity contribution in [2.24, 2.45) is 0 Å². The van der Waals surface area contributed by atoms with Gasteiger partial charge in [-0.3, -0.25) is 9.59 Å². The summed E-state index contributed by atoms with van der Waals surface area (Å²) in [6.45, 7) is 2.73. The minimum Gasteiger partial charge on any atom is -0.497 e. The van der Waals surface area contributed by atoms with Crippen LogP contribution in [0.5, 0.6) is 5.75 Å². The van der Waals surface area contributed by atoms with Crippen molar-refractivity contribution < 1.29 is 19.1 Å². The van der Waals surface area contributed by atoms with E-state index in [4.69, 9.17) is 21.1 Å². The lowest BCUT2D eigenvalue weighted by Gasteiger charge is -2.23. The fourth-order valence-electron chi connectivity index (χ4n) is 2.44. The molecule has 0 aliphatic rings. The van der Waals surface area contributed by atoms with Gasteiger partial charge in [-0.15, -0.1) is 0 Å². The quantitative estimate of drug-likeness (QED) is 0.656. The molecule has 0 aromatic heterocycles. The Bertz CT molecular complexity index is 728. The van der Waals surface area contributed by atoms with E-state index in [2.05, 4.69) is 0 Å². The molecule has 26 heavy (non-hydrogen) atoms. The van der Waals surface area contributed by atoms with Crippen molar-refractivity contribution in [3.63, 3.8) is 0 Å². The largest absolute Gasteiger partial charge is 0.497 e. The lowest BCUT2D eigenvalue weighted by molar-refractivity contribution is -0.143. The molecule has 0 fully saturated rings. The molecule has 0 unspecified atom stereocenters. The number of methoxy groups -OCH3 is 1. The Morgan fingerprint density at radius 1 is 1.04 bits per heavy atom. The van der Waals surface area contributed by atoms with Gasteiger partial charge in [-0.1, -0.05) is 23.7 Å². The second-order valence-corrected chi connectivity index (χ2v) is 6.07. The van der Waals surface area contributed by atoms with Crippen LogP contribution in [-0.2, 0) is 16.1 Å². The number of amides is 1. The molecule has 0 heterocycles. The van der Waals surface area contributed by atoms with Crippen molar-refractivity contribution in [1.29, 1.82) is 0 Å². The minimum absolute atomic E-state index is 0.142. The van der Waals surface area contributed by atoms with Crippen LogP contribution in [0.25, 0.3) is 0 Å². The number of esters is 1. The molecule has 6 heteroatoms.